The third-order valence-electron chi connectivity index (χ3n) is 7.28. The number of halogens is 4. The van der Waals surface area contributed by atoms with Crippen molar-refractivity contribution in [3.05, 3.63) is 142 Å². The summed E-state index contributed by atoms with van der Waals surface area (Å²) in [5, 5.41) is 9.64. The van der Waals surface area contributed by atoms with E-state index in [2.05, 4.69) is 29.2 Å². The van der Waals surface area contributed by atoms with E-state index in [4.69, 9.17) is 21.1 Å². The van der Waals surface area contributed by atoms with Crippen LogP contribution < -0.4 is 0 Å². The van der Waals surface area contributed by atoms with Crippen molar-refractivity contribution in [1.82, 2.24) is 4.90 Å². The molecule has 0 bridgehead atoms. The molecule has 0 spiro atoms. The molecule has 0 fully saturated rings. The van der Waals surface area contributed by atoms with Crippen LogP contribution in [0, 0.1) is 0 Å². The standard InChI is InChI=1S/C34H29ClF3NO3/c35-33-26(12-7-13-30(33)34(36,37)38)21-39(22-29(24-8-3-1-4-9-24)25-10-5-2-6-11-25)17-16-28-20-27-18-23(19-32(40)41)14-15-31(27)42-28/h1-15,18,20,29H,16-17,19,21-22H2,(H,40,41). The van der Waals surface area contributed by atoms with Crippen molar-refractivity contribution in [2.45, 2.75) is 31.5 Å². The maximum atomic E-state index is 13.6. The Morgan fingerprint density at radius 3 is 2.17 bits per heavy atom. The normalized spacial score (nSPS) is 12.0. The van der Waals surface area contributed by atoms with E-state index >= 15 is 0 Å². The van der Waals surface area contributed by atoms with Gasteiger partial charge < -0.3 is 9.52 Å². The number of furan rings is 1. The molecule has 5 rings (SSSR count). The number of carbonyl (C=O) groups is 1. The Hall–Kier alpha value is -4.07. The zero-order chi connectivity index (χ0) is 29.7. The molecule has 0 saturated heterocycles. The number of fused-ring (bicyclic) bond motifs is 1. The van der Waals surface area contributed by atoms with Gasteiger partial charge in [-0.15, -0.1) is 0 Å². The van der Waals surface area contributed by atoms with Gasteiger partial charge in [-0.2, -0.15) is 13.2 Å². The first-order chi connectivity index (χ1) is 20.2. The van der Waals surface area contributed by atoms with Crippen LogP contribution in [0.25, 0.3) is 11.0 Å². The highest BCUT2D eigenvalue weighted by atomic mass is 35.5. The van der Waals surface area contributed by atoms with Gasteiger partial charge in [0.15, 0.2) is 0 Å². The molecule has 0 amide bonds. The van der Waals surface area contributed by atoms with E-state index in [1.807, 2.05) is 42.5 Å². The molecule has 0 aliphatic carbocycles. The van der Waals surface area contributed by atoms with Crippen molar-refractivity contribution in [3.8, 4) is 0 Å². The highest BCUT2D eigenvalue weighted by Gasteiger charge is 2.34. The minimum Gasteiger partial charge on any atom is -0.481 e. The van der Waals surface area contributed by atoms with E-state index in [0.717, 1.165) is 22.6 Å². The van der Waals surface area contributed by atoms with Crippen LogP contribution in [0.5, 0.6) is 0 Å². The maximum Gasteiger partial charge on any atom is 0.417 e. The summed E-state index contributed by atoms with van der Waals surface area (Å²) in [6, 6.07) is 31.3. The Morgan fingerprint density at radius 2 is 1.55 bits per heavy atom. The van der Waals surface area contributed by atoms with Gasteiger partial charge in [0.05, 0.1) is 17.0 Å². The van der Waals surface area contributed by atoms with E-state index in [-0.39, 0.29) is 23.9 Å². The van der Waals surface area contributed by atoms with E-state index in [1.54, 1.807) is 24.3 Å². The predicted octanol–water partition coefficient (Wildman–Crippen LogP) is 8.61. The van der Waals surface area contributed by atoms with E-state index in [9.17, 15) is 18.0 Å². The minimum absolute atomic E-state index is 0.0359. The van der Waals surface area contributed by atoms with E-state index in [1.165, 1.54) is 6.07 Å². The zero-order valence-electron chi connectivity index (χ0n) is 22.7. The monoisotopic (exact) mass is 591 g/mol. The van der Waals surface area contributed by atoms with Gasteiger partial charge in [-0.05, 0) is 46.5 Å². The van der Waals surface area contributed by atoms with Crippen molar-refractivity contribution in [3.63, 3.8) is 0 Å². The van der Waals surface area contributed by atoms with Gasteiger partial charge in [0.25, 0.3) is 0 Å². The van der Waals surface area contributed by atoms with Crippen LogP contribution in [0.1, 0.15) is 39.5 Å². The van der Waals surface area contributed by atoms with Crippen LogP contribution >= 0.6 is 11.6 Å². The van der Waals surface area contributed by atoms with E-state index < -0.39 is 17.7 Å². The number of carboxylic acid groups (broad SMARTS) is 1. The Balaban J connectivity index is 1.45. The molecule has 0 unspecified atom stereocenters. The zero-order valence-corrected chi connectivity index (χ0v) is 23.4. The molecule has 5 aromatic rings. The summed E-state index contributed by atoms with van der Waals surface area (Å²) in [6.45, 7) is 1.23. The van der Waals surface area contributed by atoms with Crippen molar-refractivity contribution < 1.29 is 27.5 Å². The summed E-state index contributed by atoms with van der Waals surface area (Å²) in [5.74, 6) is -0.242. The molecular weight excluding hydrogens is 563 g/mol. The van der Waals surface area contributed by atoms with Crippen LogP contribution in [0.2, 0.25) is 5.02 Å². The van der Waals surface area contributed by atoms with Crippen molar-refractivity contribution >= 4 is 28.5 Å². The van der Waals surface area contributed by atoms with Crippen LogP contribution in [-0.2, 0) is 30.4 Å². The summed E-state index contributed by atoms with van der Waals surface area (Å²) < 4.78 is 47.0. The Morgan fingerprint density at radius 1 is 0.881 bits per heavy atom. The summed E-state index contributed by atoms with van der Waals surface area (Å²) in [6.07, 6.45) is -4.14. The van der Waals surface area contributed by atoms with Crippen molar-refractivity contribution in [2.24, 2.45) is 0 Å². The summed E-state index contributed by atoms with van der Waals surface area (Å²) in [5.41, 5.74) is 3.07. The fourth-order valence-corrected chi connectivity index (χ4v) is 5.55. The lowest BCUT2D eigenvalue weighted by Gasteiger charge is -2.29. The molecule has 8 heteroatoms. The van der Waals surface area contributed by atoms with Gasteiger partial charge in [-0.25, -0.2) is 0 Å². The quantitative estimate of drug-likeness (QED) is 0.167. The first-order valence-corrected chi connectivity index (χ1v) is 13.9. The average Bonchev–Trinajstić information content (AvgIpc) is 3.37. The van der Waals surface area contributed by atoms with Crippen LogP contribution in [0.4, 0.5) is 13.2 Å². The SMILES string of the molecule is O=C(O)Cc1ccc2oc(CCN(Cc3cccc(C(F)(F)F)c3Cl)CC(c3ccccc3)c3ccccc3)cc2c1. The molecule has 1 N–H and O–H groups in total. The predicted molar refractivity (Wildman–Crippen MR) is 158 cm³/mol. The number of benzene rings is 4. The van der Waals surface area contributed by atoms with Gasteiger partial charge >= 0.3 is 12.1 Å². The minimum atomic E-state index is -4.55. The van der Waals surface area contributed by atoms with Crippen molar-refractivity contribution in [1.29, 1.82) is 0 Å². The highest BCUT2D eigenvalue weighted by Crippen LogP contribution is 2.37. The van der Waals surface area contributed by atoms with Gasteiger partial charge in [-0.1, -0.05) is 90.5 Å². The average molecular weight is 592 g/mol. The summed E-state index contributed by atoms with van der Waals surface area (Å²) in [7, 11) is 0. The smallest absolute Gasteiger partial charge is 0.417 e. The second kappa shape index (κ2) is 12.8. The lowest BCUT2D eigenvalue weighted by atomic mass is 9.90. The Bertz CT molecular complexity index is 1610. The Labute approximate surface area is 247 Å². The Kier molecular flexibility index (Phi) is 9.00. The largest absolute Gasteiger partial charge is 0.481 e. The topological polar surface area (TPSA) is 53.7 Å². The first kappa shape index (κ1) is 29.4. The van der Waals surface area contributed by atoms with E-state index in [0.29, 0.717) is 42.0 Å². The number of hydrogen-bond acceptors (Lipinski definition) is 3. The van der Waals surface area contributed by atoms with Crippen LogP contribution in [0.15, 0.2) is 108 Å². The molecule has 1 aromatic heterocycles. The summed E-state index contributed by atoms with van der Waals surface area (Å²) in [4.78, 5) is 13.2. The molecule has 1 heterocycles. The third kappa shape index (κ3) is 7.22. The highest BCUT2D eigenvalue weighted by molar-refractivity contribution is 6.32. The first-order valence-electron chi connectivity index (χ1n) is 13.6. The molecule has 0 atom stereocenters. The van der Waals surface area contributed by atoms with Gasteiger partial charge in [-0.3, -0.25) is 9.69 Å². The number of alkyl halides is 3. The van der Waals surface area contributed by atoms with Gasteiger partial charge in [0.2, 0.25) is 0 Å². The maximum absolute atomic E-state index is 13.6. The number of rotatable bonds is 11. The molecule has 4 aromatic carbocycles. The van der Waals surface area contributed by atoms with Crippen molar-refractivity contribution in [2.75, 3.05) is 13.1 Å². The lowest BCUT2D eigenvalue weighted by molar-refractivity contribution is -0.138. The number of nitrogens with zero attached hydrogens (tertiary/aromatic N) is 1. The molecular formula is C34H29ClF3NO3. The molecule has 0 aliphatic rings. The van der Waals surface area contributed by atoms with Crippen LogP contribution in [-0.4, -0.2) is 29.1 Å². The second-order valence-corrected chi connectivity index (χ2v) is 10.7. The van der Waals surface area contributed by atoms with Gasteiger partial charge in [0.1, 0.15) is 11.3 Å². The molecule has 0 aliphatic heterocycles. The van der Waals surface area contributed by atoms with Gasteiger partial charge in [0, 0.05) is 37.4 Å². The molecule has 0 radical (unpaired) electrons. The number of aliphatic carboxylic acids is 1. The third-order valence-corrected chi connectivity index (χ3v) is 7.73. The molecule has 42 heavy (non-hydrogen) atoms. The number of hydrogen-bond donors (Lipinski definition) is 1. The van der Waals surface area contributed by atoms with Crippen LogP contribution in [0.3, 0.4) is 0 Å². The molecule has 216 valence electrons. The molecule has 4 nitrogen and oxygen atoms in total. The number of carboxylic acids is 1. The summed E-state index contributed by atoms with van der Waals surface area (Å²) >= 11 is 6.32. The lowest BCUT2D eigenvalue weighted by Crippen LogP contribution is -2.31. The fourth-order valence-electron chi connectivity index (χ4n) is 5.25. The fraction of sp³-hybridized carbons (Fsp3) is 0.206. The second-order valence-electron chi connectivity index (χ2n) is 10.3. The molecule has 0 saturated carbocycles.